The standard InChI is InChI=1S/C24H34FN5O5/c1-6-10-16(11-7-2)22(32)34-14-24(9-4,33-5)17(35-18(31)12-8-3)13-30-15-27-19-20(26)28-23(25)29-21(19)30/h4,15-17H,6-8,10-14H2,1-3,5H3,(H2,26,28,29)/t17-,24?/m0/s1. The number of nitrogen functional groups attached to an aromatic ring is 1. The number of fused-ring (bicyclic) bond motifs is 1. The minimum absolute atomic E-state index is 0.0940. The van der Waals surface area contributed by atoms with Crippen LogP contribution in [0.5, 0.6) is 0 Å². The van der Waals surface area contributed by atoms with Gasteiger partial charge >= 0.3 is 18.0 Å². The van der Waals surface area contributed by atoms with Gasteiger partial charge in [-0.1, -0.05) is 39.5 Å². The predicted octanol–water partition coefficient (Wildman–Crippen LogP) is 3.04. The van der Waals surface area contributed by atoms with Crippen LogP contribution in [0.2, 0.25) is 0 Å². The molecule has 0 aliphatic carbocycles. The Labute approximate surface area is 204 Å². The van der Waals surface area contributed by atoms with Crippen molar-refractivity contribution in [2.75, 3.05) is 19.5 Å². The maximum Gasteiger partial charge on any atom is 0.312 e. The first-order chi connectivity index (χ1) is 16.7. The number of terminal acetylenes is 1. The number of ether oxygens (including phenoxy) is 3. The van der Waals surface area contributed by atoms with Crippen LogP contribution >= 0.6 is 0 Å². The molecule has 1 unspecified atom stereocenters. The van der Waals surface area contributed by atoms with Crippen LogP contribution in [-0.4, -0.2) is 56.9 Å². The number of nitrogens with two attached hydrogens (primary N) is 1. The number of esters is 2. The van der Waals surface area contributed by atoms with Crippen molar-refractivity contribution in [1.82, 2.24) is 19.5 Å². The minimum atomic E-state index is -1.62. The number of aromatic nitrogens is 4. The molecule has 2 aromatic heterocycles. The quantitative estimate of drug-likeness (QED) is 0.241. The van der Waals surface area contributed by atoms with Crippen molar-refractivity contribution < 1.29 is 28.2 Å². The summed E-state index contributed by atoms with van der Waals surface area (Å²) in [6.07, 6.45) is 8.79. The Hall–Kier alpha value is -3.26. The molecule has 0 aliphatic heterocycles. The van der Waals surface area contributed by atoms with Crippen molar-refractivity contribution in [3.05, 3.63) is 12.4 Å². The lowest BCUT2D eigenvalue weighted by atomic mass is 9.96. The van der Waals surface area contributed by atoms with E-state index in [2.05, 4.69) is 20.9 Å². The van der Waals surface area contributed by atoms with Gasteiger partial charge in [0.25, 0.3) is 0 Å². The Morgan fingerprint density at radius 2 is 1.91 bits per heavy atom. The normalized spacial score (nSPS) is 13.9. The fourth-order valence-electron chi connectivity index (χ4n) is 3.80. The lowest BCUT2D eigenvalue weighted by Gasteiger charge is -2.34. The van der Waals surface area contributed by atoms with Crippen LogP contribution in [0.4, 0.5) is 10.2 Å². The van der Waals surface area contributed by atoms with Crippen molar-refractivity contribution >= 4 is 28.9 Å². The molecule has 0 saturated heterocycles. The van der Waals surface area contributed by atoms with E-state index in [1.54, 1.807) is 0 Å². The maximum absolute atomic E-state index is 13.8. The number of carbonyl (C=O) groups is 2. The van der Waals surface area contributed by atoms with E-state index >= 15 is 0 Å². The molecular weight excluding hydrogens is 457 g/mol. The third-order valence-corrected chi connectivity index (χ3v) is 5.72. The van der Waals surface area contributed by atoms with E-state index in [9.17, 15) is 14.0 Å². The van der Waals surface area contributed by atoms with Crippen LogP contribution in [0.3, 0.4) is 0 Å². The summed E-state index contributed by atoms with van der Waals surface area (Å²) >= 11 is 0. The highest BCUT2D eigenvalue weighted by Crippen LogP contribution is 2.25. The van der Waals surface area contributed by atoms with Gasteiger partial charge in [0.15, 0.2) is 17.6 Å². The molecule has 0 spiro atoms. The van der Waals surface area contributed by atoms with Crippen LogP contribution in [0, 0.1) is 24.3 Å². The molecule has 0 aliphatic rings. The average Bonchev–Trinajstić information content (AvgIpc) is 3.22. The third-order valence-electron chi connectivity index (χ3n) is 5.72. The molecule has 0 fully saturated rings. The Morgan fingerprint density at radius 3 is 2.49 bits per heavy atom. The van der Waals surface area contributed by atoms with Gasteiger partial charge in [-0.2, -0.15) is 14.4 Å². The number of hydrogen-bond acceptors (Lipinski definition) is 9. The second-order valence-corrected chi connectivity index (χ2v) is 8.30. The van der Waals surface area contributed by atoms with E-state index in [4.69, 9.17) is 26.4 Å². The molecule has 0 radical (unpaired) electrons. The molecule has 2 atom stereocenters. The van der Waals surface area contributed by atoms with Gasteiger partial charge in [0.05, 0.1) is 18.8 Å². The molecule has 0 saturated carbocycles. The van der Waals surface area contributed by atoms with Crippen molar-refractivity contribution in [3.63, 3.8) is 0 Å². The summed E-state index contributed by atoms with van der Waals surface area (Å²) in [7, 11) is 1.34. The van der Waals surface area contributed by atoms with E-state index in [1.807, 2.05) is 20.8 Å². The Bertz CT molecular complexity index is 1050. The molecule has 192 valence electrons. The summed E-state index contributed by atoms with van der Waals surface area (Å²) in [5.74, 6) is 1.21. The fourth-order valence-corrected chi connectivity index (χ4v) is 3.80. The number of methoxy groups -OCH3 is 1. The fraction of sp³-hybridized carbons (Fsp3) is 0.625. The van der Waals surface area contributed by atoms with Gasteiger partial charge in [0.1, 0.15) is 12.1 Å². The van der Waals surface area contributed by atoms with Gasteiger partial charge in [0, 0.05) is 13.5 Å². The summed E-state index contributed by atoms with van der Waals surface area (Å²) in [4.78, 5) is 36.6. The second-order valence-electron chi connectivity index (χ2n) is 8.30. The number of anilines is 1. The second kappa shape index (κ2) is 13.0. The average molecular weight is 492 g/mol. The Morgan fingerprint density at radius 1 is 1.23 bits per heavy atom. The molecule has 0 bridgehead atoms. The first kappa shape index (κ1) is 28.0. The van der Waals surface area contributed by atoms with Gasteiger partial charge in [-0.3, -0.25) is 9.59 Å². The van der Waals surface area contributed by atoms with Gasteiger partial charge in [0.2, 0.25) is 5.60 Å². The SMILES string of the molecule is C#CC(COC(=O)C(CCC)CCC)(OC)[C@H](Cn1cnc2c(N)nc(F)nc21)OC(=O)CCC. The third kappa shape index (κ3) is 6.88. The lowest BCUT2D eigenvalue weighted by molar-refractivity contribution is -0.176. The Balaban J connectivity index is 2.39. The number of nitrogens with zero attached hydrogens (tertiary/aromatic N) is 4. The summed E-state index contributed by atoms with van der Waals surface area (Å²) in [6.45, 7) is 5.37. The molecule has 2 rings (SSSR count). The van der Waals surface area contributed by atoms with Gasteiger partial charge < -0.3 is 24.5 Å². The predicted molar refractivity (Wildman–Crippen MR) is 127 cm³/mol. The summed E-state index contributed by atoms with van der Waals surface area (Å²) in [6, 6.07) is 0. The van der Waals surface area contributed by atoms with Gasteiger partial charge in [-0.05, 0) is 19.3 Å². The lowest BCUT2D eigenvalue weighted by Crippen LogP contribution is -2.51. The van der Waals surface area contributed by atoms with Crippen molar-refractivity contribution in [2.24, 2.45) is 5.92 Å². The van der Waals surface area contributed by atoms with E-state index in [1.165, 1.54) is 18.0 Å². The summed E-state index contributed by atoms with van der Waals surface area (Å²) in [5.41, 5.74) is 4.41. The van der Waals surface area contributed by atoms with E-state index < -0.39 is 23.8 Å². The zero-order chi connectivity index (χ0) is 26.0. The number of hydrogen-bond donors (Lipinski definition) is 1. The Kier molecular flexibility index (Phi) is 10.4. The zero-order valence-corrected chi connectivity index (χ0v) is 20.8. The molecule has 35 heavy (non-hydrogen) atoms. The first-order valence-electron chi connectivity index (χ1n) is 11.8. The van der Waals surface area contributed by atoms with Crippen LogP contribution in [0.1, 0.15) is 59.3 Å². The zero-order valence-electron chi connectivity index (χ0n) is 20.8. The molecular formula is C24H34FN5O5. The van der Waals surface area contributed by atoms with Gasteiger partial charge in [-0.25, -0.2) is 4.98 Å². The molecule has 2 N–H and O–H groups in total. The number of imidazole rings is 1. The molecule has 11 heteroatoms. The number of carbonyl (C=O) groups excluding carboxylic acids is 2. The highest BCUT2D eigenvalue weighted by molar-refractivity contribution is 5.81. The number of rotatable bonds is 14. The van der Waals surface area contributed by atoms with E-state index in [0.29, 0.717) is 19.3 Å². The smallest absolute Gasteiger partial charge is 0.312 e. The summed E-state index contributed by atoms with van der Waals surface area (Å²) < 4.78 is 32.2. The highest BCUT2D eigenvalue weighted by Gasteiger charge is 2.43. The summed E-state index contributed by atoms with van der Waals surface area (Å²) in [5, 5.41) is 0. The van der Waals surface area contributed by atoms with Crippen molar-refractivity contribution in [1.29, 1.82) is 0 Å². The van der Waals surface area contributed by atoms with Crippen LogP contribution in [0.15, 0.2) is 6.33 Å². The first-order valence-corrected chi connectivity index (χ1v) is 11.8. The van der Waals surface area contributed by atoms with Crippen LogP contribution in [0.25, 0.3) is 11.2 Å². The van der Waals surface area contributed by atoms with Crippen LogP contribution in [-0.2, 0) is 30.3 Å². The van der Waals surface area contributed by atoms with E-state index in [0.717, 1.165) is 12.8 Å². The molecule has 10 nitrogen and oxygen atoms in total. The van der Waals surface area contributed by atoms with Crippen molar-refractivity contribution in [3.8, 4) is 12.3 Å². The largest absolute Gasteiger partial charge is 0.461 e. The molecule has 0 aromatic carbocycles. The molecule has 2 heterocycles. The maximum atomic E-state index is 13.8. The minimum Gasteiger partial charge on any atom is -0.461 e. The van der Waals surface area contributed by atoms with E-state index in [-0.39, 0.29) is 48.4 Å². The topological polar surface area (TPSA) is 131 Å². The van der Waals surface area contributed by atoms with Crippen molar-refractivity contribution in [2.45, 2.75) is 77.5 Å². The molecule has 2 aromatic rings. The van der Waals surface area contributed by atoms with Crippen LogP contribution < -0.4 is 5.73 Å². The highest BCUT2D eigenvalue weighted by atomic mass is 19.1. The number of halogens is 1. The molecule has 0 amide bonds. The van der Waals surface area contributed by atoms with Gasteiger partial charge in [-0.15, -0.1) is 6.42 Å². The monoisotopic (exact) mass is 491 g/mol.